The first-order valence-corrected chi connectivity index (χ1v) is 10.2. The Morgan fingerprint density at radius 3 is 2.90 bits per heavy atom. The first kappa shape index (κ1) is 19.6. The second kappa shape index (κ2) is 8.35. The van der Waals surface area contributed by atoms with Crippen molar-refractivity contribution in [2.45, 2.75) is 45.8 Å². The highest BCUT2D eigenvalue weighted by molar-refractivity contribution is 5.66. The largest absolute Gasteiger partial charge is 0.491 e. The SMILES string of the molecule is Cc1cc(-c2nc(-c3cccc4c3CCC4NCCN)no2)ccc1OC(C)C. The van der Waals surface area contributed by atoms with Crippen LogP contribution in [0.3, 0.4) is 0 Å². The van der Waals surface area contributed by atoms with Crippen LogP contribution < -0.4 is 15.8 Å². The number of benzene rings is 2. The monoisotopic (exact) mass is 392 g/mol. The van der Waals surface area contributed by atoms with Gasteiger partial charge in [0.1, 0.15) is 5.75 Å². The lowest BCUT2D eigenvalue weighted by atomic mass is 10.0. The molecule has 1 unspecified atom stereocenters. The van der Waals surface area contributed by atoms with Crippen LogP contribution >= 0.6 is 0 Å². The summed E-state index contributed by atoms with van der Waals surface area (Å²) < 4.78 is 11.4. The molecule has 1 atom stereocenters. The van der Waals surface area contributed by atoms with Crippen LogP contribution in [0.4, 0.5) is 0 Å². The van der Waals surface area contributed by atoms with Crippen LogP contribution in [-0.4, -0.2) is 29.3 Å². The topological polar surface area (TPSA) is 86.2 Å². The van der Waals surface area contributed by atoms with Crippen LogP contribution in [0, 0.1) is 6.92 Å². The quantitative estimate of drug-likeness (QED) is 0.631. The molecule has 29 heavy (non-hydrogen) atoms. The average Bonchev–Trinajstić information content (AvgIpc) is 3.35. The number of rotatable bonds is 7. The van der Waals surface area contributed by atoms with Crippen molar-refractivity contribution in [1.82, 2.24) is 15.5 Å². The summed E-state index contributed by atoms with van der Waals surface area (Å²) in [5, 5.41) is 7.79. The first-order valence-electron chi connectivity index (χ1n) is 10.2. The highest BCUT2D eigenvalue weighted by atomic mass is 16.5. The second-order valence-corrected chi connectivity index (χ2v) is 7.78. The van der Waals surface area contributed by atoms with E-state index in [9.17, 15) is 0 Å². The van der Waals surface area contributed by atoms with E-state index in [-0.39, 0.29) is 6.10 Å². The number of fused-ring (bicyclic) bond motifs is 1. The van der Waals surface area contributed by atoms with Gasteiger partial charge in [-0.05, 0) is 68.5 Å². The summed E-state index contributed by atoms with van der Waals surface area (Å²) in [6.45, 7) is 7.52. The lowest BCUT2D eigenvalue weighted by molar-refractivity contribution is 0.241. The van der Waals surface area contributed by atoms with Crippen molar-refractivity contribution in [3.63, 3.8) is 0 Å². The lowest BCUT2D eigenvalue weighted by Crippen LogP contribution is -2.25. The number of aryl methyl sites for hydroxylation is 1. The fourth-order valence-corrected chi connectivity index (χ4v) is 3.95. The zero-order valence-corrected chi connectivity index (χ0v) is 17.2. The molecule has 152 valence electrons. The van der Waals surface area contributed by atoms with Crippen LogP contribution in [-0.2, 0) is 6.42 Å². The minimum atomic E-state index is 0.137. The molecule has 1 aliphatic rings. The van der Waals surface area contributed by atoms with Gasteiger partial charge >= 0.3 is 0 Å². The summed E-state index contributed by atoms with van der Waals surface area (Å²) in [5.74, 6) is 2.03. The van der Waals surface area contributed by atoms with E-state index in [1.165, 1.54) is 11.1 Å². The molecule has 0 saturated heterocycles. The van der Waals surface area contributed by atoms with Gasteiger partial charge in [-0.15, -0.1) is 0 Å². The summed E-state index contributed by atoms with van der Waals surface area (Å²) in [6, 6.07) is 12.6. The van der Waals surface area contributed by atoms with Crippen molar-refractivity contribution in [2.75, 3.05) is 13.1 Å². The fourth-order valence-electron chi connectivity index (χ4n) is 3.95. The molecular formula is C23H28N4O2. The molecule has 0 bridgehead atoms. The van der Waals surface area contributed by atoms with Gasteiger partial charge in [-0.1, -0.05) is 23.4 Å². The number of hydrogen-bond donors (Lipinski definition) is 2. The Morgan fingerprint density at radius 2 is 2.14 bits per heavy atom. The molecule has 1 aromatic heterocycles. The summed E-state index contributed by atoms with van der Waals surface area (Å²) in [6.07, 6.45) is 2.20. The van der Waals surface area contributed by atoms with Crippen LogP contribution in [0.25, 0.3) is 22.8 Å². The van der Waals surface area contributed by atoms with Crippen molar-refractivity contribution in [1.29, 1.82) is 0 Å². The Balaban J connectivity index is 1.61. The molecule has 0 fully saturated rings. The number of hydrogen-bond acceptors (Lipinski definition) is 6. The van der Waals surface area contributed by atoms with Gasteiger partial charge in [-0.3, -0.25) is 0 Å². The van der Waals surface area contributed by atoms with Gasteiger partial charge in [-0.2, -0.15) is 4.98 Å². The van der Waals surface area contributed by atoms with E-state index >= 15 is 0 Å². The van der Waals surface area contributed by atoms with Crippen molar-refractivity contribution < 1.29 is 9.26 Å². The van der Waals surface area contributed by atoms with Gasteiger partial charge in [0.05, 0.1) is 6.10 Å². The summed E-state index contributed by atoms with van der Waals surface area (Å²) in [4.78, 5) is 4.69. The zero-order chi connectivity index (χ0) is 20.4. The molecule has 3 N–H and O–H groups in total. The minimum absolute atomic E-state index is 0.137. The predicted octanol–water partition coefficient (Wildman–Crippen LogP) is 4.03. The molecule has 1 heterocycles. The number of ether oxygens (including phenoxy) is 1. The normalized spacial score (nSPS) is 15.7. The van der Waals surface area contributed by atoms with Crippen LogP contribution in [0.2, 0.25) is 0 Å². The summed E-state index contributed by atoms with van der Waals surface area (Å²) in [7, 11) is 0. The van der Waals surface area contributed by atoms with Gasteiger partial charge in [0.2, 0.25) is 5.82 Å². The predicted molar refractivity (Wildman–Crippen MR) is 114 cm³/mol. The van der Waals surface area contributed by atoms with E-state index in [1.807, 2.05) is 39.0 Å². The maximum absolute atomic E-state index is 5.82. The van der Waals surface area contributed by atoms with E-state index in [2.05, 4.69) is 33.7 Å². The molecule has 6 heteroatoms. The number of nitrogens with two attached hydrogens (primary N) is 1. The van der Waals surface area contributed by atoms with Gasteiger partial charge in [0.15, 0.2) is 0 Å². The standard InChI is InChI=1S/C23H28N4O2/c1-14(2)28-21-10-7-16(13-15(21)3)23-26-22(27-29-23)19-6-4-5-18-17(19)8-9-20(18)25-12-11-24/h4-7,10,13-14,20,25H,8-9,11-12,24H2,1-3H3. The van der Waals surface area contributed by atoms with Crippen molar-refractivity contribution in [3.05, 3.63) is 53.1 Å². The maximum atomic E-state index is 5.82. The van der Waals surface area contributed by atoms with E-state index in [4.69, 9.17) is 15.0 Å². The molecule has 0 spiro atoms. The molecular weight excluding hydrogens is 364 g/mol. The third kappa shape index (κ3) is 4.04. The van der Waals surface area contributed by atoms with E-state index in [0.29, 0.717) is 24.3 Å². The third-order valence-electron chi connectivity index (χ3n) is 5.26. The Kier molecular flexibility index (Phi) is 5.65. The van der Waals surface area contributed by atoms with Gasteiger partial charge in [0, 0.05) is 30.3 Å². The maximum Gasteiger partial charge on any atom is 0.258 e. The summed E-state index contributed by atoms with van der Waals surface area (Å²) >= 11 is 0. The third-order valence-corrected chi connectivity index (χ3v) is 5.26. The number of aromatic nitrogens is 2. The van der Waals surface area contributed by atoms with Crippen LogP contribution in [0.1, 0.15) is 43.0 Å². The summed E-state index contributed by atoms with van der Waals surface area (Å²) in [5.41, 5.74) is 11.2. The first-order chi connectivity index (χ1) is 14.1. The molecule has 6 nitrogen and oxygen atoms in total. The second-order valence-electron chi connectivity index (χ2n) is 7.78. The average molecular weight is 393 g/mol. The minimum Gasteiger partial charge on any atom is -0.491 e. The van der Waals surface area contributed by atoms with Crippen LogP contribution in [0.15, 0.2) is 40.9 Å². The Bertz CT molecular complexity index is 996. The molecule has 0 aliphatic heterocycles. The molecule has 0 radical (unpaired) electrons. The smallest absolute Gasteiger partial charge is 0.258 e. The van der Waals surface area contributed by atoms with Crippen molar-refractivity contribution in [3.8, 4) is 28.6 Å². The molecule has 0 amide bonds. The zero-order valence-electron chi connectivity index (χ0n) is 17.2. The highest BCUT2D eigenvalue weighted by Gasteiger charge is 2.26. The number of nitrogens with zero attached hydrogens (tertiary/aromatic N) is 2. The van der Waals surface area contributed by atoms with E-state index in [0.717, 1.165) is 41.8 Å². The fraction of sp³-hybridized carbons (Fsp3) is 0.391. The van der Waals surface area contributed by atoms with Crippen molar-refractivity contribution >= 4 is 0 Å². The molecule has 0 saturated carbocycles. The molecule has 2 aromatic carbocycles. The van der Waals surface area contributed by atoms with Gasteiger partial charge < -0.3 is 20.3 Å². The molecule has 1 aliphatic carbocycles. The van der Waals surface area contributed by atoms with E-state index < -0.39 is 0 Å². The van der Waals surface area contributed by atoms with E-state index in [1.54, 1.807) is 0 Å². The van der Waals surface area contributed by atoms with Gasteiger partial charge in [-0.25, -0.2) is 0 Å². The van der Waals surface area contributed by atoms with Gasteiger partial charge in [0.25, 0.3) is 5.89 Å². The number of nitrogens with one attached hydrogen (secondary N) is 1. The lowest BCUT2D eigenvalue weighted by Gasteiger charge is -2.13. The van der Waals surface area contributed by atoms with Crippen LogP contribution in [0.5, 0.6) is 5.75 Å². The Hall–Kier alpha value is -2.70. The Morgan fingerprint density at radius 1 is 1.28 bits per heavy atom. The Labute approximate surface area is 171 Å². The molecule has 4 rings (SSSR count). The molecule has 3 aromatic rings. The highest BCUT2D eigenvalue weighted by Crippen LogP contribution is 2.37. The van der Waals surface area contributed by atoms with Crippen molar-refractivity contribution in [2.24, 2.45) is 5.73 Å².